The van der Waals surface area contributed by atoms with E-state index in [9.17, 15) is 8.78 Å². The fourth-order valence-electron chi connectivity index (χ4n) is 2.50. The maximum Gasteiger partial charge on any atom is 0.161 e. The molecule has 1 aromatic carbocycles. The molecule has 0 amide bonds. The first-order valence-electron chi connectivity index (χ1n) is 7.24. The predicted molar refractivity (Wildman–Crippen MR) is 82.6 cm³/mol. The second kappa shape index (κ2) is 5.42. The number of rotatable bonds is 3. The third-order valence-corrected chi connectivity index (χ3v) is 4.29. The van der Waals surface area contributed by atoms with Gasteiger partial charge in [-0.3, -0.25) is 0 Å². The van der Waals surface area contributed by atoms with Gasteiger partial charge in [-0.2, -0.15) is 0 Å². The minimum absolute atomic E-state index is 0.294. The number of aromatic amines is 1. The second-order valence-electron chi connectivity index (χ2n) is 5.57. The van der Waals surface area contributed by atoms with Crippen molar-refractivity contribution in [3.8, 4) is 0 Å². The summed E-state index contributed by atoms with van der Waals surface area (Å²) in [6, 6.07) is 2.50. The van der Waals surface area contributed by atoms with Gasteiger partial charge in [-0.05, 0) is 25.3 Å². The van der Waals surface area contributed by atoms with Crippen LogP contribution < -0.4 is 0 Å². The summed E-state index contributed by atoms with van der Waals surface area (Å²) < 4.78 is 28.3. The summed E-state index contributed by atoms with van der Waals surface area (Å²) in [7, 11) is 0. The Morgan fingerprint density at radius 3 is 2.83 bits per heavy atom. The highest BCUT2D eigenvalue weighted by Gasteiger charge is 2.20. The number of fused-ring (bicyclic) bond motifs is 1. The van der Waals surface area contributed by atoms with Gasteiger partial charge >= 0.3 is 0 Å². The molecule has 0 atom stereocenters. The Hall–Kier alpha value is -2.28. The number of hydrogen-bond donors (Lipinski definition) is 1. The van der Waals surface area contributed by atoms with E-state index in [1.165, 1.54) is 6.42 Å². The number of H-pyrrole nitrogens is 1. The van der Waals surface area contributed by atoms with Crippen LogP contribution in [0.1, 0.15) is 36.8 Å². The molecule has 0 saturated heterocycles. The standard InChI is InChI=1S/C15H12ClF2N5/c16-10(4-8-7-23(22-21-8)9-2-1-3-9)15-19-13-5-11(17)12(18)6-14(13)20-15/h4-7,9H,1-3H2,(H,19,20). The van der Waals surface area contributed by atoms with E-state index in [1.807, 2.05) is 10.9 Å². The van der Waals surface area contributed by atoms with Crippen molar-refractivity contribution in [3.63, 3.8) is 0 Å². The van der Waals surface area contributed by atoms with Gasteiger partial charge in [0.25, 0.3) is 0 Å². The number of imidazole rings is 1. The summed E-state index contributed by atoms with van der Waals surface area (Å²) >= 11 is 6.23. The largest absolute Gasteiger partial charge is 0.337 e. The summed E-state index contributed by atoms with van der Waals surface area (Å²) in [5, 5.41) is 8.44. The van der Waals surface area contributed by atoms with E-state index in [4.69, 9.17) is 11.6 Å². The van der Waals surface area contributed by atoms with Gasteiger partial charge in [0, 0.05) is 12.1 Å². The van der Waals surface area contributed by atoms with Crippen LogP contribution in [0.3, 0.4) is 0 Å². The van der Waals surface area contributed by atoms with Gasteiger partial charge in [0.1, 0.15) is 11.5 Å². The molecular formula is C15H12ClF2N5. The lowest BCUT2D eigenvalue weighted by atomic mass is 9.93. The lowest BCUT2D eigenvalue weighted by Gasteiger charge is -2.24. The van der Waals surface area contributed by atoms with Crippen LogP contribution in [0.5, 0.6) is 0 Å². The minimum Gasteiger partial charge on any atom is -0.337 e. The highest BCUT2D eigenvalue weighted by atomic mass is 35.5. The Balaban J connectivity index is 1.64. The van der Waals surface area contributed by atoms with Gasteiger partial charge in [0.15, 0.2) is 11.6 Å². The number of hydrogen-bond acceptors (Lipinski definition) is 3. The molecule has 1 N–H and O–H groups in total. The van der Waals surface area contributed by atoms with E-state index in [-0.39, 0.29) is 0 Å². The van der Waals surface area contributed by atoms with Gasteiger partial charge in [-0.1, -0.05) is 16.8 Å². The monoisotopic (exact) mass is 335 g/mol. The summed E-state index contributed by atoms with van der Waals surface area (Å²) in [4.78, 5) is 7.03. The molecule has 0 spiro atoms. The average Bonchev–Trinajstić information content (AvgIpc) is 3.05. The first kappa shape index (κ1) is 14.3. The molecule has 5 nitrogen and oxygen atoms in total. The minimum atomic E-state index is -0.945. The molecular weight excluding hydrogens is 324 g/mol. The van der Waals surface area contributed by atoms with E-state index < -0.39 is 11.6 Å². The Morgan fingerprint density at radius 2 is 2.09 bits per heavy atom. The van der Waals surface area contributed by atoms with E-state index in [2.05, 4.69) is 20.3 Å². The molecule has 1 aliphatic carbocycles. The molecule has 118 valence electrons. The van der Waals surface area contributed by atoms with Crippen LogP contribution in [-0.4, -0.2) is 25.0 Å². The molecule has 0 bridgehead atoms. The highest BCUT2D eigenvalue weighted by molar-refractivity contribution is 6.50. The Bertz CT molecular complexity index is 871. The number of benzene rings is 1. The van der Waals surface area contributed by atoms with Crippen LogP contribution in [0.4, 0.5) is 8.78 Å². The molecule has 1 aliphatic rings. The number of nitrogens with one attached hydrogen (secondary N) is 1. The van der Waals surface area contributed by atoms with Crippen LogP contribution in [0.2, 0.25) is 0 Å². The maximum absolute atomic E-state index is 13.2. The molecule has 0 radical (unpaired) electrons. The first-order chi connectivity index (χ1) is 11.1. The SMILES string of the molecule is Fc1cc2nc(C(Cl)=Cc3cn(C4CCC4)nn3)[nH]c2cc1F. The van der Waals surface area contributed by atoms with Crippen molar-refractivity contribution in [2.24, 2.45) is 0 Å². The predicted octanol–water partition coefficient (Wildman–Crippen LogP) is 3.89. The van der Waals surface area contributed by atoms with Gasteiger partial charge in [-0.15, -0.1) is 5.10 Å². The molecule has 8 heteroatoms. The van der Waals surface area contributed by atoms with E-state index in [0.29, 0.717) is 33.6 Å². The normalized spacial score (nSPS) is 16.0. The zero-order chi connectivity index (χ0) is 16.0. The van der Waals surface area contributed by atoms with Crippen LogP contribution in [0, 0.1) is 11.6 Å². The molecule has 23 heavy (non-hydrogen) atoms. The topological polar surface area (TPSA) is 59.4 Å². The quantitative estimate of drug-likeness (QED) is 0.789. The smallest absolute Gasteiger partial charge is 0.161 e. The molecule has 2 aromatic heterocycles. The Labute approximate surface area is 135 Å². The molecule has 3 aromatic rings. The maximum atomic E-state index is 13.2. The van der Waals surface area contributed by atoms with Crippen molar-refractivity contribution < 1.29 is 8.78 Å². The fourth-order valence-corrected chi connectivity index (χ4v) is 2.70. The summed E-state index contributed by atoms with van der Waals surface area (Å²) in [6.45, 7) is 0. The molecule has 1 fully saturated rings. The van der Waals surface area contributed by atoms with E-state index in [0.717, 1.165) is 25.0 Å². The second-order valence-corrected chi connectivity index (χ2v) is 5.98. The van der Waals surface area contributed by atoms with E-state index >= 15 is 0 Å². The summed E-state index contributed by atoms with van der Waals surface area (Å²) in [5.74, 6) is -1.56. The first-order valence-corrected chi connectivity index (χ1v) is 7.62. The van der Waals surface area contributed by atoms with Gasteiger partial charge in [0.2, 0.25) is 0 Å². The van der Waals surface area contributed by atoms with Crippen LogP contribution >= 0.6 is 11.6 Å². The lowest BCUT2D eigenvalue weighted by Crippen LogP contribution is -2.17. The van der Waals surface area contributed by atoms with E-state index in [1.54, 1.807) is 6.08 Å². The molecule has 1 saturated carbocycles. The van der Waals surface area contributed by atoms with Gasteiger partial charge in [0.05, 0.1) is 28.3 Å². The Kier molecular flexibility index (Phi) is 3.37. The zero-order valence-electron chi connectivity index (χ0n) is 11.9. The van der Waals surface area contributed by atoms with Crippen molar-refractivity contribution in [1.82, 2.24) is 25.0 Å². The van der Waals surface area contributed by atoms with Crippen molar-refractivity contribution in [1.29, 1.82) is 0 Å². The number of halogens is 3. The molecule has 2 heterocycles. The number of aromatic nitrogens is 5. The fraction of sp³-hybridized carbons (Fsp3) is 0.267. The van der Waals surface area contributed by atoms with Crippen molar-refractivity contribution >= 4 is 33.7 Å². The Morgan fingerprint density at radius 1 is 1.30 bits per heavy atom. The van der Waals surface area contributed by atoms with Crippen LogP contribution in [-0.2, 0) is 0 Å². The highest BCUT2D eigenvalue weighted by Crippen LogP contribution is 2.31. The third-order valence-electron chi connectivity index (χ3n) is 4.00. The van der Waals surface area contributed by atoms with Crippen LogP contribution in [0.25, 0.3) is 22.1 Å². The van der Waals surface area contributed by atoms with Crippen LogP contribution in [0.15, 0.2) is 18.3 Å². The molecule has 0 unspecified atom stereocenters. The lowest BCUT2D eigenvalue weighted by molar-refractivity contribution is 0.284. The third kappa shape index (κ3) is 2.61. The van der Waals surface area contributed by atoms with Crippen molar-refractivity contribution in [2.45, 2.75) is 25.3 Å². The average molecular weight is 336 g/mol. The van der Waals surface area contributed by atoms with Crippen molar-refractivity contribution in [3.05, 3.63) is 41.5 Å². The number of nitrogens with zero attached hydrogens (tertiary/aromatic N) is 4. The molecule has 4 rings (SSSR count). The molecule has 0 aliphatic heterocycles. The summed E-state index contributed by atoms with van der Waals surface area (Å²) in [5.41, 5.74) is 1.30. The van der Waals surface area contributed by atoms with Gasteiger partial charge < -0.3 is 4.98 Å². The summed E-state index contributed by atoms with van der Waals surface area (Å²) in [6.07, 6.45) is 6.88. The van der Waals surface area contributed by atoms with Gasteiger partial charge in [-0.25, -0.2) is 18.4 Å². The zero-order valence-corrected chi connectivity index (χ0v) is 12.7. The van der Waals surface area contributed by atoms with Crippen molar-refractivity contribution in [2.75, 3.05) is 0 Å².